The number of fused-ring (bicyclic) bond motifs is 2. The van der Waals surface area contributed by atoms with E-state index in [0.29, 0.717) is 22.9 Å². The second-order valence-electron chi connectivity index (χ2n) is 8.52. The Morgan fingerprint density at radius 1 is 1.09 bits per heavy atom. The quantitative estimate of drug-likeness (QED) is 0.449. The number of thiazole rings is 1. The van der Waals surface area contributed by atoms with Crippen LogP contribution in [-0.4, -0.2) is 31.2 Å². The zero-order chi connectivity index (χ0) is 23.8. The SMILES string of the molecule is O=C(Nc1nccs1)C(c1ncn2c1CCC2)N1Cc2ccc(C#Cc3ccccc3)cc2C1=O. The number of carbonyl (C=O) groups excluding carboxylic acids is 2. The van der Waals surface area contributed by atoms with Crippen molar-refractivity contribution in [3.8, 4) is 11.8 Å². The lowest BCUT2D eigenvalue weighted by atomic mass is 10.1. The molecule has 1 unspecified atom stereocenters. The second kappa shape index (κ2) is 8.85. The van der Waals surface area contributed by atoms with Crippen molar-refractivity contribution < 1.29 is 9.59 Å². The van der Waals surface area contributed by atoms with E-state index in [1.807, 2.05) is 48.5 Å². The molecule has 0 radical (unpaired) electrons. The van der Waals surface area contributed by atoms with Gasteiger partial charge in [-0.3, -0.25) is 14.9 Å². The van der Waals surface area contributed by atoms with Gasteiger partial charge in [0.05, 0.1) is 12.0 Å². The van der Waals surface area contributed by atoms with Crippen LogP contribution in [0.3, 0.4) is 0 Å². The molecule has 4 aromatic rings. The largest absolute Gasteiger partial charge is 0.334 e. The molecule has 0 aliphatic carbocycles. The third-order valence-corrected chi connectivity index (χ3v) is 7.03. The molecular weight excluding hydrogens is 458 g/mol. The van der Waals surface area contributed by atoms with Crippen molar-refractivity contribution in [1.82, 2.24) is 19.4 Å². The van der Waals surface area contributed by atoms with Gasteiger partial charge < -0.3 is 9.47 Å². The Balaban J connectivity index is 1.33. The number of anilines is 1. The normalized spacial score (nSPS) is 14.7. The number of nitrogens with one attached hydrogen (secondary N) is 1. The van der Waals surface area contributed by atoms with E-state index in [4.69, 9.17) is 0 Å². The summed E-state index contributed by atoms with van der Waals surface area (Å²) in [5, 5.41) is 5.18. The highest BCUT2D eigenvalue weighted by Gasteiger charge is 2.40. The summed E-state index contributed by atoms with van der Waals surface area (Å²) in [5.74, 6) is 5.78. The fourth-order valence-corrected chi connectivity index (χ4v) is 5.21. The van der Waals surface area contributed by atoms with Gasteiger partial charge in [-0.25, -0.2) is 9.97 Å². The van der Waals surface area contributed by atoms with E-state index in [9.17, 15) is 9.59 Å². The van der Waals surface area contributed by atoms with E-state index in [2.05, 4.69) is 31.7 Å². The molecule has 8 heteroatoms. The van der Waals surface area contributed by atoms with Crippen molar-refractivity contribution in [2.75, 3.05) is 5.32 Å². The van der Waals surface area contributed by atoms with Crippen LogP contribution in [0.15, 0.2) is 66.4 Å². The molecule has 1 N–H and O–H groups in total. The van der Waals surface area contributed by atoms with Crippen molar-refractivity contribution in [2.24, 2.45) is 0 Å². The molecule has 0 saturated carbocycles. The topological polar surface area (TPSA) is 80.1 Å². The molecule has 2 aromatic carbocycles. The molecule has 0 fully saturated rings. The van der Waals surface area contributed by atoms with E-state index in [1.165, 1.54) is 11.3 Å². The minimum atomic E-state index is -0.841. The van der Waals surface area contributed by atoms with Gasteiger partial charge in [0, 0.05) is 47.1 Å². The third-order valence-electron chi connectivity index (χ3n) is 6.34. The molecule has 35 heavy (non-hydrogen) atoms. The van der Waals surface area contributed by atoms with Gasteiger partial charge in [0.15, 0.2) is 11.2 Å². The molecule has 6 rings (SSSR count). The van der Waals surface area contributed by atoms with E-state index < -0.39 is 6.04 Å². The number of nitrogens with zero attached hydrogens (tertiary/aromatic N) is 4. The zero-order valence-corrected chi connectivity index (χ0v) is 19.6. The van der Waals surface area contributed by atoms with Gasteiger partial charge >= 0.3 is 0 Å². The van der Waals surface area contributed by atoms with E-state index in [1.54, 1.807) is 22.8 Å². The molecule has 0 spiro atoms. The van der Waals surface area contributed by atoms with E-state index in [-0.39, 0.29) is 11.8 Å². The number of imidazole rings is 1. The minimum Gasteiger partial charge on any atom is -0.334 e. The fraction of sp³-hybridized carbons (Fsp3) is 0.185. The molecule has 4 heterocycles. The maximum absolute atomic E-state index is 13.6. The average Bonchev–Trinajstić information content (AvgIpc) is 3.67. The Hall–Kier alpha value is -4.22. The van der Waals surface area contributed by atoms with Crippen LogP contribution in [0.2, 0.25) is 0 Å². The average molecular weight is 480 g/mol. The van der Waals surface area contributed by atoms with E-state index in [0.717, 1.165) is 41.8 Å². The fourth-order valence-electron chi connectivity index (χ4n) is 4.68. The predicted molar refractivity (Wildman–Crippen MR) is 133 cm³/mol. The van der Waals surface area contributed by atoms with Crippen LogP contribution in [0.5, 0.6) is 0 Å². The number of hydrogen-bond acceptors (Lipinski definition) is 5. The molecule has 0 saturated heterocycles. The number of aryl methyl sites for hydroxylation is 1. The third kappa shape index (κ3) is 4.00. The summed E-state index contributed by atoms with van der Waals surface area (Å²) in [6, 6.07) is 14.6. The first-order valence-corrected chi connectivity index (χ1v) is 12.3. The van der Waals surface area contributed by atoms with Gasteiger partial charge in [0.25, 0.3) is 11.8 Å². The Kier molecular flexibility index (Phi) is 5.39. The van der Waals surface area contributed by atoms with Crippen LogP contribution in [0.25, 0.3) is 0 Å². The van der Waals surface area contributed by atoms with Crippen molar-refractivity contribution in [1.29, 1.82) is 0 Å². The Labute approximate surface area is 206 Å². The Morgan fingerprint density at radius 2 is 1.94 bits per heavy atom. The summed E-state index contributed by atoms with van der Waals surface area (Å²) < 4.78 is 2.07. The van der Waals surface area contributed by atoms with E-state index >= 15 is 0 Å². The Bertz CT molecular complexity index is 1480. The highest BCUT2D eigenvalue weighted by Crippen LogP contribution is 2.35. The minimum absolute atomic E-state index is 0.192. The van der Waals surface area contributed by atoms with Gasteiger partial charge in [0.1, 0.15) is 0 Å². The van der Waals surface area contributed by atoms with Gasteiger partial charge in [-0.05, 0) is 42.7 Å². The maximum Gasteiger partial charge on any atom is 0.255 e. The lowest BCUT2D eigenvalue weighted by molar-refractivity contribution is -0.121. The first-order valence-electron chi connectivity index (χ1n) is 11.4. The van der Waals surface area contributed by atoms with Crippen LogP contribution in [0, 0.1) is 11.8 Å². The van der Waals surface area contributed by atoms with Crippen LogP contribution >= 0.6 is 11.3 Å². The number of rotatable bonds is 4. The molecule has 0 bridgehead atoms. The highest BCUT2D eigenvalue weighted by atomic mass is 32.1. The lowest BCUT2D eigenvalue weighted by Gasteiger charge is -2.26. The zero-order valence-electron chi connectivity index (χ0n) is 18.8. The molecule has 2 amide bonds. The van der Waals surface area contributed by atoms with Gasteiger partial charge in [-0.15, -0.1) is 11.3 Å². The van der Waals surface area contributed by atoms with Crippen molar-refractivity contribution in [3.05, 3.63) is 100 Å². The highest BCUT2D eigenvalue weighted by molar-refractivity contribution is 7.13. The second-order valence-corrected chi connectivity index (χ2v) is 9.42. The summed E-state index contributed by atoms with van der Waals surface area (Å²) >= 11 is 1.34. The summed E-state index contributed by atoms with van der Waals surface area (Å²) in [5.41, 5.74) is 4.78. The molecular formula is C27H21N5O2S. The summed E-state index contributed by atoms with van der Waals surface area (Å²) in [4.78, 5) is 37.5. The Morgan fingerprint density at radius 3 is 2.77 bits per heavy atom. The summed E-state index contributed by atoms with van der Waals surface area (Å²) in [7, 11) is 0. The van der Waals surface area contributed by atoms with Crippen LogP contribution in [-0.2, 0) is 24.3 Å². The summed E-state index contributed by atoms with van der Waals surface area (Å²) in [6.07, 6.45) is 5.25. The number of carbonyl (C=O) groups is 2. The molecule has 2 aromatic heterocycles. The number of aromatic nitrogens is 3. The molecule has 1 atom stereocenters. The number of benzene rings is 2. The maximum atomic E-state index is 13.6. The van der Waals surface area contributed by atoms with Crippen molar-refractivity contribution in [3.63, 3.8) is 0 Å². The van der Waals surface area contributed by atoms with Crippen molar-refractivity contribution in [2.45, 2.75) is 32.0 Å². The van der Waals surface area contributed by atoms with Gasteiger partial charge in [0.2, 0.25) is 0 Å². The first-order chi connectivity index (χ1) is 17.2. The summed E-state index contributed by atoms with van der Waals surface area (Å²) in [6.45, 7) is 1.21. The number of hydrogen-bond donors (Lipinski definition) is 1. The van der Waals surface area contributed by atoms with Crippen LogP contribution < -0.4 is 5.32 Å². The molecule has 7 nitrogen and oxygen atoms in total. The van der Waals surface area contributed by atoms with Gasteiger partial charge in [-0.2, -0.15) is 0 Å². The predicted octanol–water partition coefficient (Wildman–Crippen LogP) is 4.02. The monoisotopic (exact) mass is 479 g/mol. The molecule has 172 valence electrons. The number of amides is 2. The van der Waals surface area contributed by atoms with Crippen LogP contribution in [0.4, 0.5) is 5.13 Å². The lowest BCUT2D eigenvalue weighted by Crippen LogP contribution is -2.38. The van der Waals surface area contributed by atoms with Gasteiger partial charge in [-0.1, -0.05) is 36.1 Å². The molecule has 2 aliphatic rings. The van der Waals surface area contributed by atoms with Crippen molar-refractivity contribution >= 4 is 28.3 Å². The van der Waals surface area contributed by atoms with Crippen LogP contribution in [0.1, 0.15) is 50.9 Å². The molecule has 2 aliphatic heterocycles. The smallest absolute Gasteiger partial charge is 0.255 e. The standard InChI is InChI=1S/C27H21N5O2S/c33-25(30-27-28-12-14-35-27)24(23-22-7-4-13-31(22)17-29-23)32-16-20-11-10-19(15-21(20)26(32)34)9-8-18-5-2-1-3-6-18/h1-3,5-6,10-12,14-15,17,24H,4,7,13,16H2,(H,28,30,33). The first kappa shape index (κ1) is 21.3.